The zero-order valence-corrected chi connectivity index (χ0v) is 13.8. The molecule has 1 atom stereocenters. The smallest absolute Gasteiger partial charge is 0.122 e. The number of benzene rings is 1. The molecule has 1 unspecified atom stereocenters. The zero-order chi connectivity index (χ0) is 13.8. The number of aryl methyl sites for hydroxylation is 1. The van der Waals surface area contributed by atoms with Crippen LogP contribution in [0.5, 0.6) is 0 Å². The summed E-state index contributed by atoms with van der Waals surface area (Å²) >= 11 is 6.80. The van der Waals surface area contributed by atoms with Gasteiger partial charge in [0.2, 0.25) is 0 Å². The van der Waals surface area contributed by atoms with Gasteiger partial charge in [0.25, 0.3) is 0 Å². The first-order valence-electron chi connectivity index (χ1n) is 6.19. The third-order valence-electron chi connectivity index (χ3n) is 2.90. The Hall–Kier alpha value is -0.710. The van der Waals surface area contributed by atoms with E-state index in [0.29, 0.717) is 5.69 Å². The summed E-state index contributed by atoms with van der Waals surface area (Å²) in [6.45, 7) is 2.15. The van der Waals surface area contributed by atoms with Gasteiger partial charge in [-0.3, -0.25) is 4.98 Å². The van der Waals surface area contributed by atoms with Crippen molar-refractivity contribution < 1.29 is 5.11 Å². The minimum absolute atomic E-state index is 0.636. The number of hydrogen-bond donors (Lipinski definition) is 1. The highest BCUT2D eigenvalue weighted by Crippen LogP contribution is 2.29. The fourth-order valence-electron chi connectivity index (χ4n) is 1.99. The third kappa shape index (κ3) is 3.65. The number of aliphatic hydroxyl groups is 1. The van der Waals surface area contributed by atoms with Crippen molar-refractivity contribution in [3.8, 4) is 0 Å². The highest BCUT2D eigenvalue weighted by molar-refractivity contribution is 9.11. The van der Waals surface area contributed by atoms with Crippen LogP contribution in [0, 0.1) is 0 Å². The number of nitrogens with zero attached hydrogens (tertiary/aromatic N) is 1. The van der Waals surface area contributed by atoms with Crippen molar-refractivity contribution in [3.05, 3.63) is 62.3 Å². The van der Waals surface area contributed by atoms with Crippen LogP contribution in [0.2, 0.25) is 0 Å². The second-order valence-electron chi connectivity index (χ2n) is 4.42. The van der Waals surface area contributed by atoms with Crippen molar-refractivity contribution in [1.29, 1.82) is 0 Å². The van der Waals surface area contributed by atoms with Crippen molar-refractivity contribution >= 4 is 31.9 Å². The van der Waals surface area contributed by atoms with Crippen molar-refractivity contribution in [2.45, 2.75) is 25.9 Å². The van der Waals surface area contributed by atoms with Gasteiger partial charge in [0.1, 0.15) is 6.10 Å². The fourth-order valence-corrected chi connectivity index (χ4v) is 3.20. The Labute approximate surface area is 130 Å². The zero-order valence-electron chi connectivity index (χ0n) is 10.6. The van der Waals surface area contributed by atoms with Gasteiger partial charge in [0, 0.05) is 15.1 Å². The molecule has 2 aromatic rings. The molecular formula is C15H15Br2NO. The molecule has 2 nitrogen and oxygen atoms in total. The average Bonchev–Trinajstić information content (AvgIpc) is 2.39. The van der Waals surface area contributed by atoms with Crippen LogP contribution in [-0.4, -0.2) is 10.1 Å². The summed E-state index contributed by atoms with van der Waals surface area (Å²) in [7, 11) is 0. The first-order chi connectivity index (χ1) is 9.11. The van der Waals surface area contributed by atoms with E-state index in [4.69, 9.17) is 0 Å². The quantitative estimate of drug-likeness (QED) is 0.832. The largest absolute Gasteiger partial charge is 0.382 e. The molecule has 0 fully saturated rings. The van der Waals surface area contributed by atoms with E-state index in [1.54, 1.807) is 6.20 Å². The summed E-state index contributed by atoms with van der Waals surface area (Å²) in [5.74, 6) is 0. The molecule has 2 rings (SSSR count). The third-order valence-corrected chi connectivity index (χ3v) is 3.97. The molecule has 1 heterocycles. The molecule has 0 amide bonds. The van der Waals surface area contributed by atoms with Gasteiger partial charge in [-0.2, -0.15) is 0 Å². The molecule has 0 aliphatic rings. The maximum Gasteiger partial charge on any atom is 0.122 e. The highest BCUT2D eigenvalue weighted by Gasteiger charge is 2.15. The van der Waals surface area contributed by atoms with Crippen molar-refractivity contribution in [3.63, 3.8) is 0 Å². The van der Waals surface area contributed by atoms with Gasteiger partial charge in [-0.15, -0.1) is 0 Å². The average molecular weight is 385 g/mol. The Kier molecular flexibility index (Phi) is 5.13. The Morgan fingerprint density at radius 2 is 2.05 bits per heavy atom. The van der Waals surface area contributed by atoms with Crippen LogP contribution in [-0.2, 0) is 6.42 Å². The molecule has 4 heteroatoms. The van der Waals surface area contributed by atoms with E-state index in [-0.39, 0.29) is 0 Å². The molecule has 0 aliphatic carbocycles. The van der Waals surface area contributed by atoms with Gasteiger partial charge in [0.05, 0.1) is 5.69 Å². The Morgan fingerprint density at radius 3 is 2.74 bits per heavy atom. The summed E-state index contributed by atoms with van der Waals surface area (Å²) in [5, 5.41) is 10.4. The summed E-state index contributed by atoms with van der Waals surface area (Å²) in [6.07, 6.45) is 3.10. The summed E-state index contributed by atoms with van der Waals surface area (Å²) in [4.78, 5) is 4.29. The Balaban J connectivity index is 2.32. The monoisotopic (exact) mass is 383 g/mol. The molecule has 100 valence electrons. The van der Waals surface area contributed by atoms with E-state index in [1.807, 2.05) is 24.3 Å². The van der Waals surface area contributed by atoms with Crippen LogP contribution in [0.4, 0.5) is 0 Å². The lowest BCUT2D eigenvalue weighted by Gasteiger charge is -2.13. The van der Waals surface area contributed by atoms with Gasteiger partial charge < -0.3 is 5.11 Å². The number of rotatable bonds is 4. The van der Waals surface area contributed by atoms with Crippen LogP contribution in [0.15, 0.2) is 45.5 Å². The molecule has 19 heavy (non-hydrogen) atoms. The molecule has 0 spiro atoms. The van der Waals surface area contributed by atoms with Crippen molar-refractivity contribution in [2.24, 2.45) is 0 Å². The normalized spacial score (nSPS) is 12.4. The van der Waals surface area contributed by atoms with E-state index < -0.39 is 6.10 Å². The molecular weight excluding hydrogens is 370 g/mol. The van der Waals surface area contributed by atoms with E-state index in [0.717, 1.165) is 27.4 Å². The van der Waals surface area contributed by atoms with E-state index >= 15 is 0 Å². The summed E-state index contributed by atoms with van der Waals surface area (Å²) in [6, 6.07) is 9.94. The minimum Gasteiger partial charge on any atom is -0.382 e. The predicted octanol–water partition coefficient (Wildman–Crippen LogP) is 4.64. The first kappa shape index (κ1) is 14.7. The maximum atomic E-state index is 10.4. The standard InChI is InChI=1S/C15H15Br2NO/c1-2-4-10-5-3-6-11(7-10)15(19)14-13(17)8-12(16)9-18-14/h3,5-9,15,19H,2,4H2,1H3. The van der Waals surface area contributed by atoms with Crippen LogP contribution in [0.3, 0.4) is 0 Å². The number of hydrogen-bond acceptors (Lipinski definition) is 2. The van der Waals surface area contributed by atoms with Gasteiger partial charge in [0.15, 0.2) is 0 Å². The first-order valence-corrected chi connectivity index (χ1v) is 7.78. The van der Waals surface area contributed by atoms with E-state index in [2.05, 4.69) is 49.8 Å². The second kappa shape index (κ2) is 6.64. The molecule has 1 N–H and O–H groups in total. The molecule has 1 aromatic heterocycles. The van der Waals surface area contributed by atoms with Gasteiger partial charge in [-0.05, 0) is 55.5 Å². The predicted molar refractivity (Wildman–Crippen MR) is 84.1 cm³/mol. The van der Waals surface area contributed by atoms with Crippen LogP contribution < -0.4 is 0 Å². The van der Waals surface area contributed by atoms with Crippen molar-refractivity contribution in [1.82, 2.24) is 4.98 Å². The van der Waals surface area contributed by atoms with Gasteiger partial charge in [-0.1, -0.05) is 37.6 Å². The highest BCUT2D eigenvalue weighted by atomic mass is 79.9. The second-order valence-corrected chi connectivity index (χ2v) is 6.19. The molecule has 0 bridgehead atoms. The molecule has 0 aliphatic heterocycles. The molecule has 0 saturated carbocycles. The van der Waals surface area contributed by atoms with Crippen molar-refractivity contribution in [2.75, 3.05) is 0 Å². The Bertz CT molecular complexity index is 572. The number of aromatic nitrogens is 1. The maximum absolute atomic E-state index is 10.4. The van der Waals surface area contributed by atoms with Crippen LogP contribution >= 0.6 is 31.9 Å². The molecule has 0 radical (unpaired) electrons. The van der Waals surface area contributed by atoms with Crippen LogP contribution in [0.25, 0.3) is 0 Å². The number of pyridine rings is 1. The van der Waals surface area contributed by atoms with E-state index in [1.165, 1.54) is 5.56 Å². The molecule has 0 saturated heterocycles. The summed E-state index contributed by atoms with van der Waals surface area (Å²) < 4.78 is 1.69. The Morgan fingerprint density at radius 1 is 1.26 bits per heavy atom. The number of halogens is 2. The topological polar surface area (TPSA) is 33.1 Å². The SMILES string of the molecule is CCCc1cccc(C(O)c2ncc(Br)cc2Br)c1. The van der Waals surface area contributed by atoms with Gasteiger partial charge >= 0.3 is 0 Å². The summed E-state index contributed by atoms with van der Waals surface area (Å²) in [5.41, 5.74) is 2.76. The lowest BCUT2D eigenvalue weighted by Crippen LogP contribution is -2.04. The number of aliphatic hydroxyl groups excluding tert-OH is 1. The van der Waals surface area contributed by atoms with Crippen LogP contribution in [0.1, 0.15) is 36.3 Å². The lowest BCUT2D eigenvalue weighted by molar-refractivity contribution is 0.214. The molecule has 1 aromatic carbocycles. The van der Waals surface area contributed by atoms with E-state index in [9.17, 15) is 5.11 Å². The fraction of sp³-hybridized carbons (Fsp3) is 0.267. The van der Waals surface area contributed by atoms with Gasteiger partial charge in [-0.25, -0.2) is 0 Å². The minimum atomic E-state index is -0.709. The lowest BCUT2D eigenvalue weighted by atomic mass is 10.0.